The van der Waals surface area contributed by atoms with Gasteiger partial charge < -0.3 is 9.47 Å². The third-order valence-corrected chi connectivity index (χ3v) is 6.46. The maximum Gasteiger partial charge on any atom is 0.296 e. The smallest absolute Gasteiger partial charge is 0.296 e. The molecule has 0 aliphatic carbocycles. The first-order chi connectivity index (χ1) is 16.4. The van der Waals surface area contributed by atoms with Crippen LogP contribution < -0.4 is 10.5 Å². The van der Waals surface area contributed by atoms with E-state index in [0.29, 0.717) is 16.6 Å². The second kappa shape index (κ2) is 8.30. The lowest BCUT2D eigenvalue weighted by atomic mass is 10.1. The molecule has 0 aliphatic heterocycles. The summed E-state index contributed by atoms with van der Waals surface area (Å²) in [5.74, 6) is -0.261. The molecule has 0 saturated carbocycles. The summed E-state index contributed by atoms with van der Waals surface area (Å²) in [6.07, 6.45) is 0.799. The first-order valence-corrected chi connectivity index (χ1v) is 11.4. The van der Waals surface area contributed by atoms with Crippen LogP contribution in [0.2, 0.25) is 0 Å². The van der Waals surface area contributed by atoms with Gasteiger partial charge in [-0.25, -0.2) is 0 Å². The highest BCUT2D eigenvalue weighted by Gasteiger charge is 2.26. The van der Waals surface area contributed by atoms with Crippen molar-refractivity contribution in [2.24, 2.45) is 7.05 Å². The maximum atomic E-state index is 14.0. The van der Waals surface area contributed by atoms with E-state index in [4.69, 9.17) is 0 Å². The van der Waals surface area contributed by atoms with Gasteiger partial charge in [-0.15, -0.1) is 0 Å². The summed E-state index contributed by atoms with van der Waals surface area (Å²) >= 11 is 0. The number of carbonyl (C=O) groups is 1. The van der Waals surface area contributed by atoms with E-state index in [2.05, 4.69) is 12.0 Å². The van der Waals surface area contributed by atoms with Crippen LogP contribution in [0, 0.1) is 6.92 Å². The molecule has 0 unspecified atom stereocenters. The number of hydrogen-bond donors (Lipinski definition) is 0. The standard InChI is InChI=1S/C28H26N4O2/c1-5-19-10-6-8-12-22(19)31(4)27(33)25-24-21-11-7-9-13-23(21)30(3)26(24)28(34)32(29-25)20-16-14-18(2)15-17-20/h6-17H,5H2,1-4H3. The number of nitrogens with zero attached hydrogens (tertiary/aromatic N) is 4. The molecule has 0 spiro atoms. The Morgan fingerprint density at radius 1 is 0.971 bits per heavy atom. The summed E-state index contributed by atoms with van der Waals surface area (Å²) in [7, 11) is 3.62. The molecule has 6 nitrogen and oxygen atoms in total. The second-order valence-electron chi connectivity index (χ2n) is 8.55. The van der Waals surface area contributed by atoms with E-state index in [1.54, 1.807) is 11.9 Å². The minimum Gasteiger partial charge on any atom is -0.339 e. The first-order valence-electron chi connectivity index (χ1n) is 11.4. The lowest BCUT2D eigenvalue weighted by molar-refractivity contribution is 0.0988. The third kappa shape index (κ3) is 3.30. The minimum absolute atomic E-state index is 0.250. The molecule has 2 heterocycles. The molecule has 34 heavy (non-hydrogen) atoms. The Kier molecular flexibility index (Phi) is 5.28. The molecule has 2 aromatic heterocycles. The molecule has 0 bridgehead atoms. The number of amides is 1. The fourth-order valence-electron chi connectivity index (χ4n) is 4.60. The van der Waals surface area contributed by atoms with Gasteiger partial charge in [0, 0.05) is 36.1 Å². The van der Waals surface area contributed by atoms with E-state index in [9.17, 15) is 9.59 Å². The Balaban J connectivity index is 1.83. The number of fused-ring (bicyclic) bond motifs is 3. The van der Waals surface area contributed by atoms with Crippen molar-refractivity contribution in [2.45, 2.75) is 20.3 Å². The Labute approximate surface area is 197 Å². The van der Waals surface area contributed by atoms with Crippen LogP contribution >= 0.6 is 0 Å². The van der Waals surface area contributed by atoms with E-state index < -0.39 is 0 Å². The van der Waals surface area contributed by atoms with Crippen molar-refractivity contribution in [3.05, 3.63) is 100.0 Å². The van der Waals surface area contributed by atoms with Gasteiger partial charge in [-0.2, -0.15) is 9.78 Å². The van der Waals surface area contributed by atoms with Gasteiger partial charge in [-0.05, 0) is 43.2 Å². The van der Waals surface area contributed by atoms with Crippen LogP contribution in [0.3, 0.4) is 0 Å². The molecule has 0 N–H and O–H groups in total. The molecule has 5 aromatic rings. The van der Waals surface area contributed by atoms with Crippen molar-refractivity contribution in [3.63, 3.8) is 0 Å². The molecule has 0 atom stereocenters. The number of para-hydroxylation sites is 2. The molecule has 0 radical (unpaired) electrons. The molecule has 0 fully saturated rings. The molecular weight excluding hydrogens is 424 g/mol. The van der Waals surface area contributed by atoms with Crippen molar-refractivity contribution >= 4 is 33.4 Å². The topological polar surface area (TPSA) is 60.1 Å². The van der Waals surface area contributed by atoms with Crippen molar-refractivity contribution in [3.8, 4) is 5.69 Å². The third-order valence-electron chi connectivity index (χ3n) is 6.46. The van der Waals surface area contributed by atoms with Gasteiger partial charge >= 0.3 is 0 Å². The van der Waals surface area contributed by atoms with Crippen LogP contribution in [-0.2, 0) is 13.5 Å². The number of anilines is 1. The molecule has 6 heteroatoms. The Bertz CT molecular complexity index is 1610. The molecule has 5 rings (SSSR count). The second-order valence-corrected chi connectivity index (χ2v) is 8.55. The highest BCUT2D eigenvalue weighted by atomic mass is 16.2. The monoisotopic (exact) mass is 450 g/mol. The van der Waals surface area contributed by atoms with Crippen molar-refractivity contribution < 1.29 is 4.79 Å². The van der Waals surface area contributed by atoms with Gasteiger partial charge in [0.05, 0.1) is 5.69 Å². The number of carbonyl (C=O) groups excluding carboxylic acids is 1. The lowest BCUT2D eigenvalue weighted by Crippen LogP contribution is -2.32. The van der Waals surface area contributed by atoms with E-state index in [1.165, 1.54) is 4.68 Å². The van der Waals surface area contributed by atoms with Crippen LogP contribution in [0.1, 0.15) is 28.5 Å². The highest BCUT2D eigenvalue weighted by Crippen LogP contribution is 2.30. The average Bonchev–Trinajstić information content (AvgIpc) is 3.17. The van der Waals surface area contributed by atoms with Gasteiger partial charge in [0.2, 0.25) is 0 Å². The summed E-state index contributed by atoms with van der Waals surface area (Å²) in [5, 5.41) is 6.08. The summed E-state index contributed by atoms with van der Waals surface area (Å²) in [5.41, 5.74) is 4.92. The molecule has 3 aromatic carbocycles. The molecule has 170 valence electrons. The predicted molar refractivity (Wildman–Crippen MR) is 137 cm³/mol. The summed E-state index contributed by atoms with van der Waals surface area (Å²) < 4.78 is 3.20. The summed E-state index contributed by atoms with van der Waals surface area (Å²) in [6.45, 7) is 4.05. The fourth-order valence-corrected chi connectivity index (χ4v) is 4.60. The van der Waals surface area contributed by atoms with Crippen LogP contribution in [0.4, 0.5) is 5.69 Å². The number of benzene rings is 3. The minimum atomic E-state index is -0.261. The van der Waals surface area contributed by atoms with Crippen molar-refractivity contribution in [1.29, 1.82) is 0 Å². The Hall–Kier alpha value is -4.19. The van der Waals surface area contributed by atoms with Crippen LogP contribution in [0.25, 0.3) is 27.5 Å². The van der Waals surface area contributed by atoms with E-state index in [-0.39, 0.29) is 17.2 Å². The quantitative estimate of drug-likeness (QED) is 0.386. The van der Waals surface area contributed by atoms with Crippen LogP contribution in [-0.4, -0.2) is 27.3 Å². The highest BCUT2D eigenvalue weighted by molar-refractivity contribution is 6.20. The van der Waals surface area contributed by atoms with Crippen LogP contribution in [0.15, 0.2) is 77.6 Å². The summed E-state index contributed by atoms with van der Waals surface area (Å²) in [4.78, 5) is 29.3. The molecule has 0 saturated heterocycles. The van der Waals surface area contributed by atoms with Crippen molar-refractivity contribution in [1.82, 2.24) is 14.3 Å². The summed E-state index contributed by atoms with van der Waals surface area (Å²) in [6, 6.07) is 23.1. The predicted octanol–water partition coefficient (Wildman–Crippen LogP) is 5.02. The molecular formula is C28H26N4O2. The van der Waals surface area contributed by atoms with Gasteiger partial charge in [0.1, 0.15) is 5.52 Å². The Morgan fingerprint density at radius 3 is 2.38 bits per heavy atom. The van der Waals surface area contributed by atoms with Gasteiger partial charge in [0.25, 0.3) is 11.5 Å². The number of aromatic nitrogens is 3. The first kappa shape index (κ1) is 21.6. The number of rotatable bonds is 4. The fraction of sp³-hybridized carbons (Fsp3) is 0.179. The zero-order chi connectivity index (χ0) is 24.0. The SMILES string of the molecule is CCc1ccccc1N(C)C(=O)c1nn(-c2ccc(C)cc2)c(=O)c2c1c1ccccc1n2C. The van der Waals surface area contributed by atoms with Crippen LogP contribution in [0.5, 0.6) is 0 Å². The van der Waals surface area contributed by atoms with E-state index in [1.807, 2.05) is 91.3 Å². The largest absolute Gasteiger partial charge is 0.339 e. The van der Waals surface area contributed by atoms with Gasteiger partial charge in [0.15, 0.2) is 5.69 Å². The number of aryl methyl sites for hydroxylation is 3. The zero-order valence-electron chi connectivity index (χ0n) is 19.7. The van der Waals surface area contributed by atoms with Crippen molar-refractivity contribution in [2.75, 3.05) is 11.9 Å². The lowest BCUT2D eigenvalue weighted by Gasteiger charge is -2.21. The number of hydrogen-bond acceptors (Lipinski definition) is 3. The average molecular weight is 451 g/mol. The van der Waals surface area contributed by atoms with Gasteiger partial charge in [-0.1, -0.05) is 61.0 Å². The normalized spacial score (nSPS) is 11.3. The maximum absolute atomic E-state index is 14.0. The van der Waals surface area contributed by atoms with E-state index in [0.717, 1.165) is 34.1 Å². The van der Waals surface area contributed by atoms with E-state index >= 15 is 0 Å². The van der Waals surface area contributed by atoms with Gasteiger partial charge in [-0.3, -0.25) is 9.59 Å². The molecule has 1 amide bonds. The zero-order valence-corrected chi connectivity index (χ0v) is 19.7. The Morgan fingerprint density at radius 2 is 1.65 bits per heavy atom. The molecule has 0 aliphatic rings.